The maximum absolute atomic E-state index is 13.1. The number of carbonyl (C=O) groups excluding carboxylic acids is 1. The van der Waals surface area contributed by atoms with Crippen LogP contribution in [0.2, 0.25) is 0 Å². The van der Waals surface area contributed by atoms with E-state index >= 15 is 0 Å². The predicted octanol–water partition coefficient (Wildman–Crippen LogP) is 3.57. The Labute approximate surface area is 162 Å². The highest BCUT2D eigenvalue weighted by Crippen LogP contribution is 2.29. The second-order valence-electron chi connectivity index (χ2n) is 6.65. The van der Waals surface area contributed by atoms with E-state index in [9.17, 15) is 14.0 Å². The van der Waals surface area contributed by atoms with Crippen LogP contribution in [-0.2, 0) is 4.79 Å². The summed E-state index contributed by atoms with van der Waals surface area (Å²) in [6, 6.07) is 10.2. The van der Waals surface area contributed by atoms with Crippen molar-refractivity contribution in [3.63, 3.8) is 0 Å². The molecule has 0 radical (unpaired) electrons. The van der Waals surface area contributed by atoms with Crippen molar-refractivity contribution >= 4 is 23.2 Å². The molecule has 0 saturated carbocycles. The Morgan fingerprint density at radius 3 is 2.44 bits per heavy atom. The molecule has 1 amide bonds. The number of rotatable bonds is 6. The Morgan fingerprint density at radius 2 is 1.85 bits per heavy atom. The minimum Gasteiger partial charge on any atom is -0.480 e. The largest absolute Gasteiger partial charge is 0.480 e. The van der Waals surface area contributed by atoms with Crippen LogP contribution in [0.25, 0.3) is 10.4 Å². The van der Waals surface area contributed by atoms with Crippen molar-refractivity contribution in [1.29, 1.82) is 0 Å². The summed E-state index contributed by atoms with van der Waals surface area (Å²) in [6.45, 7) is 3.95. The molecule has 1 saturated heterocycles. The second-order valence-corrected chi connectivity index (χ2v) is 7.73. The molecular formula is C20H23FN2O3S. The molecule has 1 aromatic carbocycles. The van der Waals surface area contributed by atoms with Crippen LogP contribution in [0.15, 0.2) is 36.4 Å². The molecule has 144 valence electrons. The van der Waals surface area contributed by atoms with Crippen LogP contribution in [0.5, 0.6) is 0 Å². The number of carboxylic acids is 1. The fourth-order valence-corrected chi connectivity index (χ4v) is 4.46. The average Bonchev–Trinajstić information content (AvgIpc) is 3.16. The fraction of sp³-hybridized carbons (Fsp3) is 0.400. The highest BCUT2D eigenvalue weighted by molar-refractivity contribution is 7.17. The first-order valence-corrected chi connectivity index (χ1v) is 9.90. The number of benzene rings is 1. The Hall–Kier alpha value is -2.25. The van der Waals surface area contributed by atoms with Gasteiger partial charge in [0.15, 0.2) is 0 Å². The summed E-state index contributed by atoms with van der Waals surface area (Å²) >= 11 is 1.41. The van der Waals surface area contributed by atoms with E-state index in [-0.39, 0.29) is 24.3 Å². The number of hydrogen-bond donors (Lipinski definition) is 1. The average molecular weight is 390 g/mol. The predicted molar refractivity (Wildman–Crippen MR) is 104 cm³/mol. The van der Waals surface area contributed by atoms with Crippen molar-refractivity contribution < 1.29 is 19.1 Å². The Morgan fingerprint density at radius 1 is 1.19 bits per heavy atom. The summed E-state index contributed by atoms with van der Waals surface area (Å²) in [5.41, 5.74) is 0.895. The van der Waals surface area contributed by atoms with Gasteiger partial charge in [-0.1, -0.05) is 19.1 Å². The van der Waals surface area contributed by atoms with Crippen molar-refractivity contribution in [1.82, 2.24) is 9.80 Å². The van der Waals surface area contributed by atoms with E-state index in [0.29, 0.717) is 24.5 Å². The summed E-state index contributed by atoms with van der Waals surface area (Å²) < 4.78 is 13.1. The SMILES string of the molecule is CCN(CC(=O)O)C1CCN(C(=O)c2ccc(-c3ccc(F)cc3)s2)CC1. The number of likely N-dealkylation sites (tertiary alicyclic amines) is 1. The van der Waals surface area contributed by atoms with Gasteiger partial charge in [-0.25, -0.2) is 4.39 Å². The Kier molecular flexibility index (Phi) is 6.23. The first kappa shape index (κ1) is 19.5. The lowest BCUT2D eigenvalue weighted by Crippen LogP contribution is -2.48. The number of thiophene rings is 1. The molecule has 1 aliphatic rings. The number of aliphatic carboxylic acids is 1. The number of hydrogen-bond acceptors (Lipinski definition) is 4. The topological polar surface area (TPSA) is 60.9 Å². The maximum Gasteiger partial charge on any atom is 0.317 e. The van der Waals surface area contributed by atoms with Crippen molar-refractivity contribution in [3.8, 4) is 10.4 Å². The number of piperidine rings is 1. The van der Waals surface area contributed by atoms with Crippen LogP contribution >= 0.6 is 11.3 Å². The smallest absolute Gasteiger partial charge is 0.317 e. The molecule has 5 nitrogen and oxygen atoms in total. The van der Waals surface area contributed by atoms with E-state index in [1.165, 1.54) is 23.5 Å². The molecule has 0 unspecified atom stereocenters. The number of amides is 1. The quantitative estimate of drug-likeness (QED) is 0.819. The molecule has 2 aromatic rings. The van der Waals surface area contributed by atoms with Gasteiger partial charge in [-0.15, -0.1) is 11.3 Å². The van der Waals surface area contributed by atoms with Gasteiger partial charge in [0.25, 0.3) is 5.91 Å². The number of carboxylic acid groups (broad SMARTS) is 1. The first-order chi connectivity index (χ1) is 13.0. The minimum absolute atomic E-state index is 0.00750. The molecule has 1 fully saturated rings. The van der Waals surface area contributed by atoms with Crippen LogP contribution in [-0.4, -0.2) is 59.0 Å². The van der Waals surface area contributed by atoms with Crippen molar-refractivity contribution in [2.75, 3.05) is 26.2 Å². The van der Waals surface area contributed by atoms with Gasteiger partial charge in [0.2, 0.25) is 0 Å². The third kappa shape index (κ3) is 4.73. The van der Waals surface area contributed by atoms with Gasteiger partial charge >= 0.3 is 5.97 Å². The summed E-state index contributed by atoms with van der Waals surface area (Å²) in [5.74, 6) is -1.09. The van der Waals surface area contributed by atoms with Gasteiger partial charge in [0.1, 0.15) is 5.82 Å². The number of carbonyl (C=O) groups is 2. The zero-order chi connectivity index (χ0) is 19.4. The monoisotopic (exact) mass is 390 g/mol. The summed E-state index contributed by atoms with van der Waals surface area (Å²) in [6.07, 6.45) is 1.56. The second kappa shape index (κ2) is 8.63. The van der Waals surface area contributed by atoms with Gasteiger partial charge in [-0.3, -0.25) is 14.5 Å². The van der Waals surface area contributed by atoms with E-state index < -0.39 is 5.97 Å². The zero-order valence-electron chi connectivity index (χ0n) is 15.2. The third-order valence-electron chi connectivity index (χ3n) is 4.96. The highest BCUT2D eigenvalue weighted by Gasteiger charge is 2.28. The number of halogens is 1. The van der Waals surface area contributed by atoms with Crippen LogP contribution in [0, 0.1) is 5.82 Å². The van der Waals surface area contributed by atoms with E-state index in [4.69, 9.17) is 5.11 Å². The zero-order valence-corrected chi connectivity index (χ0v) is 16.0. The first-order valence-electron chi connectivity index (χ1n) is 9.09. The normalized spacial score (nSPS) is 15.3. The molecule has 0 atom stereocenters. The van der Waals surface area contributed by atoms with Crippen LogP contribution in [0.3, 0.4) is 0 Å². The molecular weight excluding hydrogens is 367 g/mol. The molecule has 0 spiro atoms. The molecule has 2 heterocycles. The third-order valence-corrected chi connectivity index (χ3v) is 6.08. The van der Waals surface area contributed by atoms with E-state index in [1.54, 1.807) is 12.1 Å². The molecule has 0 bridgehead atoms. The van der Waals surface area contributed by atoms with Gasteiger partial charge < -0.3 is 10.0 Å². The Bertz CT molecular complexity index is 798. The molecule has 27 heavy (non-hydrogen) atoms. The summed E-state index contributed by atoms with van der Waals surface area (Å²) in [7, 11) is 0. The van der Waals surface area contributed by atoms with Gasteiger partial charge in [-0.2, -0.15) is 0 Å². The van der Waals surface area contributed by atoms with Crippen molar-refractivity contribution in [2.45, 2.75) is 25.8 Å². The van der Waals surface area contributed by atoms with Crippen molar-refractivity contribution in [3.05, 3.63) is 47.1 Å². The molecule has 3 rings (SSSR count). The summed E-state index contributed by atoms with van der Waals surface area (Å²) in [5, 5.41) is 9.02. The van der Waals surface area contributed by atoms with Crippen LogP contribution < -0.4 is 0 Å². The number of nitrogens with zero attached hydrogens (tertiary/aromatic N) is 2. The summed E-state index contributed by atoms with van der Waals surface area (Å²) in [4.78, 5) is 29.2. The molecule has 1 aliphatic heterocycles. The Balaban J connectivity index is 1.61. The highest BCUT2D eigenvalue weighted by atomic mass is 32.1. The lowest BCUT2D eigenvalue weighted by Gasteiger charge is -2.37. The van der Waals surface area contributed by atoms with Gasteiger partial charge in [0.05, 0.1) is 11.4 Å². The van der Waals surface area contributed by atoms with E-state index in [0.717, 1.165) is 23.3 Å². The molecule has 1 N–H and O–H groups in total. The fourth-order valence-electron chi connectivity index (χ4n) is 3.48. The van der Waals surface area contributed by atoms with E-state index in [1.807, 2.05) is 28.9 Å². The number of likely N-dealkylation sites (N-methyl/N-ethyl adjacent to an activating group) is 1. The van der Waals surface area contributed by atoms with Crippen LogP contribution in [0.4, 0.5) is 4.39 Å². The lowest BCUT2D eigenvalue weighted by atomic mass is 10.0. The van der Waals surface area contributed by atoms with Gasteiger partial charge in [-0.05, 0) is 49.2 Å². The maximum atomic E-state index is 13.1. The van der Waals surface area contributed by atoms with E-state index in [2.05, 4.69) is 0 Å². The molecule has 1 aromatic heterocycles. The lowest BCUT2D eigenvalue weighted by molar-refractivity contribution is -0.139. The standard InChI is InChI=1S/C20H23FN2O3S/c1-2-22(13-19(24)25)16-9-11-23(12-10-16)20(26)18-8-7-17(27-18)14-3-5-15(21)6-4-14/h3-8,16H,2,9-13H2,1H3,(H,24,25). The van der Waals surface area contributed by atoms with Crippen molar-refractivity contribution in [2.24, 2.45) is 0 Å². The molecule has 7 heteroatoms. The van der Waals surface area contributed by atoms with Gasteiger partial charge in [0, 0.05) is 24.0 Å². The van der Waals surface area contributed by atoms with Crippen LogP contribution in [0.1, 0.15) is 29.4 Å². The molecule has 0 aliphatic carbocycles. The minimum atomic E-state index is -0.817.